The van der Waals surface area contributed by atoms with Gasteiger partial charge in [0.1, 0.15) is 18.2 Å². The summed E-state index contributed by atoms with van der Waals surface area (Å²) >= 11 is 9.30. The van der Waals surface area contributed by atoms with Gasteiger partial charge in [-0.2, -0.15) is 0 Å². The summed E-state index contributed by atoms with van der Waals surface area (Å²) in [5, 5.41) is -0.376. The Bertz CT molecular complexity index is 686. The summed E-state index contributed by atoms with van der Waals surface area (Å²) in [5.41, 5.74) is 1.17. The second-order valence-corrected chi connectivity index (χ2v) is 6.34. The maximum Gasteiger partial charge on any atom is 0.242 e. The van der Waals surface area contributed by atoms with Gasteiger partial charge < -0.3 is 9.47 Å². The van der Waals surface area contributed by atoms with Gasteiger partial charge in [0.05, 0.1) is 20.9 Å². The van der Waals surface area contributed by atoms with Gasteiger partial charge in [0.25, 0.3) is 0 Å². The Labute approximate surface area is 136 Å². The van der Waals surface area contributed by atoms with Gasteiger partial charge in [-0.05, 0) is 35.8 Å². The fourth-order valence-corrected chi connectivity index (χ4v) is 2.54. The third-order valence-corrected chi connectivity index (χ3v) is 4.17. The Kier molecular flexibility index (Phi) is 4.88. The van der Waals surface area contributed by atoms with Crippen LogP contribution in [-0.2, 0) is 11.3 Å². The average molecular weight is 377 g/mol. The van der Waals surface area contributed by atoms with Crippen molar-refractivity contribution in [1.29, 1.82) is 0 Å². The van der Waals surface area contributed by atoms with Crippen LogP contribution in [0.1, 0.15) is 25.0 Å². The number of rotatable bonds is 4. The Morgan fingerprint density at radius 1 is 1.57 bits per heavy atom. The van der Waals surface area contributed by atoms with E-state index in [4.69, 9.17) is 11.6 Å². The first-order chi connectivity index (χ1) is 9.85. The van der Waals surface area contributed by atoms with Crippen LogP contribution in [0.5, 0.6) is 0 Å². The lowest BCUT2D eigenvalue weighted by atomic mass is 10.3. The summed E-state index contributed by atoms with van der Waals surface area (Å²) < 4.78 is 15.7. The number of benzene rings is 1. The zero-order valence-corrected chi connectivity index (χ0v) is 14.4. The molecular weight excluding hydrogens is 361 g/mol. The molecule has 1 aromatic heterocycles. The van der Waals surface area contributed by atoms with Gasteiger partial charge in [0, 0.05) is 19.7 Å². The molecule has 1 heterocycles. The topological polar surface area (TPSA) is 38.1 Å². The number of fused-ring (bicyclic) bond motifs is 1. The second kappa shape index (κ2) is 6.32. The van der Waals surface area contributed by atoms with Crippen LogP contribution in [-0.4, -0.2) is 34.0 Å². The molecule has 7 heteroatoms. The van der Waals surface area contributed by atoms with Crippen molar-refractivity contribution in [2.24, 2.45) is 0 Å². The lowest BCUT2D eigenvalue weighted by molar-refractivity contribution is -0.130. The van der Waals surface area contributed by atoms with Crippen molar-refractivity contribution < 1.29 is 9.18 Å². The van der Waals surface area contributed by atoms with E-state index < -0.39 is 5.82 Å². The van der Waals surface area contributed by atoms with Gasteiger partial charge in [-0.3, -0.25) is 4.79 Å². The summed E-state index contributed by atoms with van der Waals surface area (Å²) in [6.45, 7) is 4.43. The number of carbonyl (C=O) groups excluding carboxylic acids is 1. The van der Waals surface area contributed by atoms with Crippen LogP contribution in [0.3, 0.4) is 0 Å². The van der Waals surface area contributed by atoms with Gasteiger partial charge in [-0.15, -0.1) is 11.6 Å². The molecule has 0 N–H and O–H groups in total. The number of amides is 1. The molecular formula is C14H16BrClFN3O. The van der Waals surface area contributed by atoms with Crippen LogP contribution in [0.15, 0.2) is 16.6 Å². The van der Waals surface area contributed by atoms with Crippen LogP contribution in [0.2, 0.25) is 0 Å². The summed E-state index contributed by atoms with van der Waals surface area (Å²) in [6, 6.07) is 2.96. The molecule has 21 heavy (non-hydrogen) atoms. The number of hydrogen-bond donors (Lipinski definition) is 0. The summed E-state index contributed by atoms with van der Waals surface area (Å²) in [5.74, 6) is 0.121. The van der Waals surface area contributed by atoms with Gasteiger partial charge in [0.2, 0.25) is 5.91 Å². The van der Waals surface area contributed by atoms with Gasteiger partial charge in [-0.1, -0.05) is 0 Å². The molecule has 4 nitrogen and oxygen atoms in total. The second-order valence-electron chi connectivity index (χ2n) is 4.84. The molecule has 0 spiro atoms. The van der Waals surface area contributed by atoms with Crippen molar-refractivity contribution in [2.75, 3.05) is 13.6 Å². The quantitative estimate of drug-likeness (QED) is 0.763. The highest BCUT2D eigenvalue weighted by Gasteiger charge is 2.19. The molecule has 0 radical (unpaired) electrons. The summed E-state index contributed by atoms with van der Waals surface area (Å²) in [7, 11) is 1.74. The fraction of sp³-hybridized carbons (Fsp3) is 0.429. The lowest BCUT2D eigenvalue weighted by Crippen LogP contribution is -2.30. The Morgan fingerprint density at radius 3 is 2.81 bits per heavy atom. The monoisotopic (exact) mass is 375 g/mol. The van der Waals surface area contributed by atoms with E-state index in [1.165, 1.54) is 6.07 Å². The van der Waals surface area contributed by atoms with E-state index in [2.05, 4.69) is 20.9 Å². The van der Waals surface area contributed by atoms with Crippen molar-refractivity contribution >= 4 is 44.5 Å². The molecule has 0 bridgehead atoms. The highest BCUT2D eigenvalue weighted by atomic mass is 79.9. The standard InChI is InChI=1S/C14H16BrClFN3O/c1-4-19(3)13(21)7-20-12-5-9(15)10(17)6-11(12)18-14(20)8(2)16/h5-6,8H,4,7H2,1-3H3. The molecule has 1 unspecified atom stereocenters. The number of likely N-dealkylation sites (N-methyl/N-ethyl adjacent to an activating group) is 1. The number of imidazole rings is 1. The lowest BCUT2D eigenvalue weighted by Gasteiger charge is -2.17. The Hall–Kier alpha value is -1.14. The van der Waals surface area contributed by atoms with E-state index >= 15 is 0 Å². The SMILES string of the molecule is CCN(C)C(=O)Cn1c(C(C)Cl)nc2cc(F)c(Br)cc21. The zero-order chi connectivity index (χ0) is 15.7. The third-order valence-electron chi connectivity index (χ3n) is 3.37. The van der Waals surface area contributed by atoms with Crippen LogP contribution >= 0.6 is 27.5 Å². The minimum Gasteiger partial charge on any atom is -0.344 e. The molecule has 114 valence electrons. The van der Waals surface area contributed by atoms with Crippen molar-refractivity contribution in [2.45, 2.75) is 25.8 Å². The molecule has 2 aromatic rings. The predicted octanol–water partition coefficient (Wildman–Crippen LogP) is 3.72. The van der Waals surface area contributed by atoms with E-state index in [-0.39, 0.29) is 17.8 Å². The molecule has 1 amide bonds. The number of aromatic nitrogens is 2. The van der Waals surface area contributed by atoms with Crippen molar-refractivity contribution in [1.82, 2.24) is 14.5 Å². The summed E-state index contributed by atoms with van der Waals surface area (Å²) in [6.07, 6.45) is 0. The molecule has 0 saturated heterocycles. The molecule has 0 fully saturated rings. The maximum atomic E-state index is 13.6. The number of alkyl halides is 1. The molecule has 0 saturated carbocycles. The first-order valence-electron chi connectivity index (χ1n) is 6.58. The molecule has 2 rings (SSSR count). The highest BCUT2D eigenvalue weighted by Crippen LogP contribution is 2.28. The van der Waals surface area contributed by atoms with E-state index in [9.17, 15) is 9.18 Å². The normalized spacial score (nSPS) is 12.7. The number of halogens is 3. The van der Waals surface area contributed by atoms with Gasteiger partial charge in [-0.25, -0.2) is 9.37 Å². The zero-order valence-electron chi connectivity index (χ0n) is 12.0. The third kappa shape index (κ3) is 3.21. The van der Waals surface area contributed by atoms with E-state index in [0.717, 1.165) is 0 Å². The van der Waals surface area contributed by atoms with Crippen LogP contribution in [0, 0.1) is 5.82 Å². The predicted molar refractivity (Wildman–Crippen MR) is 85.0 cm³/mol. The largest absolute Gasteiger partial charge is 0.344 e. The first-order valence-corrected chi connectivity index (χ1v) is 7.81. The molecule has 0 aliphatic rings. The first kappa shape index (κ1) is 16.2. The minimum atomic E-state index is -0.391. The van der Waals surface area contributed by atoms with E-state index in [1.807, 2.05) is 6.92 Å². The van der Waals surface area contributed by atoms with E-state index in [1.54, 1.807) is 29.5 Å². The highest BCUT2D eigenvalue weighted by molar-refractivity contribution is 9.10. The summed E-state index contributed by atoms with van der Waals surface area (Å²) in [4.78, 5) is 18.1. The minimum absolute atomic E-state index is 0.0455. The number of carbonyl (C=O) groups is 1. The molecule has 1 aromatic carbocycles. The fourth-order valence-electron chi connectivity index (χ4n) is 2.04. The van der Waals surface area contributed by atoms with Crippen molar-refractivity contribution in [3.05, 3.63) is 28.2 Å². The van der Waals surface area contributed by atoms with E-state index in [0.29, 0.717) is 27.9 Å². The molecule has 0 aliphatic heterocycles. The van der Waals surface area contributed by atoms with Crippen LogP contribution in [0.25, 0.3) is 11.0 Å². The smallest absolute Gasteiger partial charge is 0.242 e. The Balaban J connectivity index is 2.56. The number of nitrogens with zero attached hydrogens (tertiary/aromatic N) is 3. The van der Waals surface area contributed by atoms with Gasteiger partial charge >= 0.3 is 0 Å². The van der Waals surface area contributed by atoms with Crippen molar-refractivity contribution in [3.8, 4) is 0 Å². The van der Waals surface area contributed by atoms with Gasteiger partial charge in [0.15, 0.2) is 0 Å². The Morgan fingerprint density at radius 2 is 2.24 bits per heavy atom. The maximum absolute atomic E-state index is 13.6. The average Bonchev–Trinajstić information content (AvgIpc) is 2.76. The molecule has 1 atom stereocenters. The van der Waals surface area contributed by atoms with Crippen LogP contribution < -0.4 is 0 Å². The van der Waals surface area contributed by atoms with Crippen LogP contribution in [0.4, 0.5) is 4.39 Å². The number of hydrogen-bond acceptors (Lipinski definition) is 2. The van der Waals surface area contributed by atoms with Crippen molar-refractivity contribution in [3.63, 3.8) is 0 Å². The molecule has 0 aliphatic carbocycles.